The zero-order valence-corrected chi connectivity index (χ0v) is 18.8. The molecule has 0 fully saturated rings. The fraction of sp³-hybridized carbons (Fsp3) is 0.429. The van der Waals surface area contributed by atoms with Crippen molar-refractivity contribution >= 4 is 20.0 Å². The van der Waals surface area contributed by atoms with Crippen LogP contribution in [0.4, 0.5) is 0 Å². The molecule has 0 aromatic heterocycles. The van der Waals surface area contributed by atoms with Crippen molar-refractivity contribution in [2.75, 3.05) is 13.1 Å². The Morgan fingerprint density at radius 2 is 1.24 bits per heavy atom. The molecule has 6 nitrogen and oxygen atoms in total. The molecule has 0 amide bonds. The number of hydrogen-bond acceptors (Lipinski definition) is 4. The lowest BCUT2D eigenvalue weighted by molar-refractivity contribution is 0.270. The van der Waals surface area contributed by atoms with Crippen LogP contribution in [0.2, 0.25) is 0 Å². The van der Waals surface area contributed by atoms with Gasteiger partial charge in [-0.1, -0.05) is 57.2 Å². The standard InChI is InChI=1S/C21H30N2O4S2/c1-18(14-15-22-28(24,25)19-10-6-4-7-11-19)16-21(2,3)17-23-29(26,27)20-12-8-5-9-13-20/h4-13,18,22-23H,14-17H2,1-3H3. The predicted molar refractivity (Wildman–Crippen MR) is 115 cm³/mol. The molecule has 160 valence electrons. The minimum atomic E-state index is -3.54. The van der Waals surface area contributed by atoms with Crippen molar-refractivity contribution in [3.8, 4) is 0 Å². The van der Waals surface area contributed by atoms with Crippen LogP contribution in [0.25, 0.3) is 0 Å². The maximum absolute atomic E-state index is 12.4. The normalized spacial score (nSPS) is 13.9. The molecule has 8 heteroatoms. The summed E-state index contributed by atoms with van der Waals surface area (Å²) in [5.74, 6) is 0.227. The molecule has 1 unspecified atom stereocenters. The van der Waals surface area contributed by atoms with E-state index in [1.54, 1.807) is 60.7 Å². The SMILES string of the molecule is CC(CCNS(=O)(=O)c1ccccc1)CC(C)(C)CNS(=O)(=O)c1ccccc1. The van der Waals surface area contributed by atoms with Gasteiger partial charge in [-0.2, -0.15) is 0 Å². The largest absolute Gasteiger partial charge is 0.240 e. The van der Waals surface area contributed by atoms with E-state index >= 15 is 0 Å². The topological polar surface area (TPSA) is 92.3 Å². The van der Waals surface area contributed by atoms with Crippen LogP contribution in [0.1, 0.15) is 33.6 Å². The summed E-state index contributed by atoms with van der Waals surface area (Å²) in [6.07, 6.45) is 1.43. The van der Waals surface area contributed by atoms with Gasteiger partial charge in [0.1, 0.15) is 0 Å². The Kier molecular flexibility index (Phi) is 7.99. The van der Waals surface area contributed by atoms with Gasteiger partial charge >= 0.3 is 0 Å². The Labute approximate surface area is 174 Å². The maximum Gasteiger partial charge on any atom is 0.240 e. The van der Waals surface area contributed by atoms with Crippen LogP contribution >= 0.6 is 0 Å². The Morgan fingerprint density at radius 3 is 1.72 bits per heavy atom. The van der Waals surface area contributed by atoms with Gasteiger partial charge in [0, 0.05) is 13.1 Å². The van der Waals surface area contributed by atoms with Gasteiger partial charge in [-0.15, -0.1) is 0 Å². The fourth-order valence-corrected chi connectivity index (χ4v) is 5.55. The predicted octanol–water partition coefficient (Wildman–Crippen LogP) is 3.39. The number of hydrogen-bond donors (Lipinski definition) is 2. The first-order chi connectivity index (χ1) is 13.5. The molecular weight excluding hydrogens is 408 g/mol. The van der Waals surface area contributed by atoms with Crippen LogP contribution in [0, 0.1) is 11.3 Å². The maximum atomic E-state index is 12.4. The lowest BCUT2D eigenvalue weighted by atomic mass is 9.82. The van der Waals surface area contributed by atoms with E-state index in [2.05, 4.69) is 9.44 Å². The molecule has 0 aliphatic rings. The first-order valence-electron chi connectivity index (χ1n) is 9.61. The second kappa shape index (κ2) is 9.84. The van der Waals surface area contributed by atoms with Crippen LogP contribution in [-0.2, 0) is 20.0 Å². The zero-order chi connectivity index (χ0) is 21.5. The van der Waals surface area contributed by atoms with Gasteiger partial charge in [0.25, 0.3) is 0 Å². The van der Waals surface area contributed by atoms with Crippen LogP contribution in [0.15, 0.2) is 70.5 Å². The molecule has 29 heavy (non-hydrogen) atoms. The molecule has 0 aliphatic heterocycles. The van der Waals surface area contributed by atoms with Crippen LogP contribution in [0.5, 0.6) is 0 Å². The average molecular weight is 439 g/mol. The van der Waals surface area contributed by atoms with Crippen LogP contribution in [-0.4, -0.2) is 29.9 Å². The second-order valence-corrected chi connectivity index (χ2v) is 11.6. The third-order valence-corrected chi connectivity index (χ3v) is 7.57. The molecule has 2 rings (SSSR count). The van der Waals surface area contributed by atoms with E-state index < -0.39 is 20.0 Å². The molecule has 0 heterocycles. The molecule has 0 aliphatic carbocycles. The Morgan fingerprint density at radius 1 is 0.793 bits per heavy atom. The molecule has 2 N–H and O–H groups in total. The minimum Gasteiger partial charge on any atom is -0.211 e. The summed E-state index contributed by atoms with van der Waals surface area (Å²) in [6.45, 7) is 6.70. The lowest BCUT2D eigenvalue weighted by Gasteiger charge is -2.28. The quantitative estimate of drug-likeness (QED) is 0.562. The van der Waals surface area contributed by atoms with Crippen LogP contribution in [0.3, 0.4) is 0 Å². The molecule has 0 spiro atoms. The Bertz CT molecular complexity index is 974. The summed E-state index contributed by atoms with van der Waals surface area (Å²) in [4.78, 5) is 0.502. The van der Waals surface area contributed by atoms with Crippen molar-refractivity contribution in [2.45, 2.75) is 43.4 Å². The highest BCUT2D eigenvalue weighted by Gasteiger charge is 2.24. The third kappa shape index (κ3) is 7.54. The van der Waals surface area contributed by atoms with Crippen molar-refractivity contribution in [1.29, 1.82) is 0 Å². The summed E-state index contributed by atoms with van der Waals surface area (Å²) in [5, 5.41) is 0. The van der Waals surface area contributed by atoms with Gasteiger partial charge in [0.2, 0.25) is 20.0 Å². The van der Waals surface area contributed by atoms with Crippen molar-refractivity contribution < 1.29 is 16.8 Å². The van der Waals surface area contributed by atoms with E-state index in [0.717, 1.165) is 6.42 Å². The van der Waals surface area contributed by atoms with Crippen molar-refractivity contribution in [2.24, 2.45) is 11.3 Å². The Hall–Kier alpha value is -1.74. The van der Waals surface area contributed by atoms with E-state index in [1.165, 1.54) is 0 Å². The smallest absolute Gasteiger partial charge is 0.211 e. The van der Waals surface area contributed by atoms with E-state index in [-0.39, 0.29) is 21.1 Å². The molecule has 0 saturated carbocycles. The Balaban J connectivity index is 1.82. The summed E-state index contributed by atoms with van der Waals surface area (Å²) in [6, 6.07) is 16.6. The highest BCUT2D eigenvalue weighted by molar-refractivity contribution is 7.89. The first-order valence-corrected chi connectivity index (χ1v) is 12.6. The van der Waals surface area contributed by atoms with Crippen molar-refractivity contribution in [3.63, 3.8) is 0 Å². The van der Waals surface area contributed by atoms with Crippen LogP contribution < -0.4 is 9.44 Å². The second-order valence-electron chi connectivity index (χ2n) is 8.11. The van der Waals surface area contributed by atoms with Gasteiger partial charge in [0.15, 0.2) is 0 Å². The third-order valence-electron chi connectivity index (χ3n) is 4.68. The number of sulfonamides is 2. The number of rotatable bonds is 11. The van der Waals surface area contributed by atoms with Gasteiger partial charge in [-0.05, 0) is 48.4 Å². The van der Waals surface area contributed by atoms with E-state index in [1.807, 2.05) is 20.8 Å². The molecule has 2 aromatic carbocycles. The lowest BCUT2D eigenvalue weighted by Crippen LogP contribution is -2.35. The number of nitrogens with one attached hydrogen (secondary N) is 2. The van der Waals surface area contributed by atoms with E-state index in [9.17, 15) is 16.8 Å². The highest BCUT2D eigenvalue weighted by Crippen LogP contribution is 2.27. The van der Waals surface area contributed by atoms with Gasteiger partial charge in [0.05, 0.1) is 9.79 Å². The summed E-state index contributed by atoms with van der Waals surface area (Å²) >= 11 is 0. The van der Waals surface area contributed by atoms with Crippen molar-refractivity contribution in [3.05, 3.63) is 60.7 Å². The van der Waals surface area contributed by atoms with Crippen molar-refractivity contribution in [1.82, 2.24) is 9.44 Å². The average Bonchev–Trinajstić information content (AvgIpc) is 2.67. The summed E-state index contributed by atoms with van der Waals surface area (Å²) in [7, 11) is -7.04. The molecule has 0 radical (unpaired) electrons. The summed E-state index contributed by atoms with van der Waals surface area (Å²) in [5.41, 5.74) is -0.264. The molecule has 0 saturated heterocycles. The highest BCUT2D eigenvalue weighted by atomic mass is 32.2. The van der Waals surface area contributed by atoms with Gasteiger partial charge in [-0.3, -0.25) is 0 Å². The minimum absolute atomic E-state index is 0.227. The van der Waals surface area contributed by atoms with E-state index in [4.69, 9.17) is 0 Å². The molecule has 1 atom stereocenters. The zero-order valence-electron chi connectivity index (χ0n) is 17.1. The molecule has 0 bridgehead atoms. The summed E-state index contributed by atoms with van der Waals surface area (Å²) < 4.78 is 54.6. The molecular formula is C21H30N2O4S2. The molecule has 2 aromatic rings. The fourth-order valence-electron chi connectivity index (χ4n) is 3.21. The number of benzene rings is 2. The first kappa shape index (κ1) is 23.5. The van der Waals surface area contributed by atoms with Gasteiger partial charge < -0.3 is 0 Å². The van der Waals surface area contributed by atoms with Gasteiger partial charge in [-0.25, -0.2) is 26.3 Å². The monoisotopic (exact) mass is 438 g/mol. The van der Waals surface area contributed by atoms with E-state index in [0.29, 0.717) is 19.5 Å².